The number of benzene rings is 1. The number of anilines is 2. The van der Waals surface area contributed by atoms with E-state index in [0.717, 1.165) is 6.07 Å². The van der Waals surface area contributed by atoms with Gasteiger partial charge in [-0.05, 0) is 41.1 Å². The second kappa shape index (κ2) is 5.80. The summed E-state index contributed by atoms with van der Waals surface area (Å²) < 4.78 is 27.1. The minimum Gasteiger partial charge on any atom is -0.389 e. The normalized spacial score (nSPS) is 10.4. The molecule has 3 N–H and O–H groups in total. The number of nitrogens with two attached hydrogens (primary N) is 1. The van der Waals surface area contributed by atoms with E-state index in [-0.39, 0.29) is 15.1 Å². The molecule has 0 fully saturated rings. The largest absolute Gasteiger partial charge is 0.389 e. The van der Waals surface area contributed by atoms with Crippen molar-refractivity contribution in [2.45, 2.75) is 6.92 Å². The van der Waals surface area contributed by atoms with E-state index in [4.69, 9.17) is 18.0 Å². The molecule has 2 rings (SSSR count). The second-order valence-corrected chi connectivity index (χ2v) is 5.38. The Kier molecular flexibility index (Phi) is 4.29. The lowest BCUT2D eigenvalue weighted by molar-refractivity contribution is 0.581. The van der Waals surface area contributed by atoms with Crippen molar-refractivity contribution in [1.29, 1.82) is 0 Å². The summed E-state index contributed by atoms with van der Waals surface area (Å²) in [6.07, 6.45) is 0. The van der Waals surface area contributed by atoms with Crippen LogP contribution in [0, 0.1) is 18.6 Å². The lowest BCUT2D eigenvalue weighted by Gasteiger charge is -2.12. The van der Waals surface area contributed by atoms with Gasteiger partial charge in [0.25, 0.3) is 0 Å². The molecule has 7 heteroatoms. The Morgan fingerprint density at radius 1 is 1.30 bits per heavy atom. The standard InChI is InChI=1S/C13H10BrF2N3S/c1-6-2-3-7(12(17)20)13(18-6)19-11-4-8(14)9(15)5-10(11)16/h2-5H,1H3,(H2,17,20)(H,18,19). The average molecular weight is 358 g/mol. The number of hydrogen-bond acceptors (Lipinski definition) is 3. The summed E-state index contributed by atoms with van der Waals surface area (Å²) in [4.78, 5) is 4.37. The third kappa shape index (κ3) is 3.10. The highest BCUT2D eigenvalue weighted by molar-refractivity contribution is 9.10. The van der Waals surface area contributed by atoms with Gasteiger partial charge in [-0.1, -0.05) is 12.2 Å². The molecule has 3 nitrogen and oxygen atoms in total. The molecule has 1 aromatic heterocycles. The zero-order valence-corrected chi connectivity index (χ0v) is 12.8. The zero-order valence-electron chi connectivity index (χ0n) is 10.4. The summed E-state index contributed by atoms with van der Waals surface area (Å²) in [5.41, 5.74) is 6.88. The predicted octanol–water partition coefficient (Wildman–Crippen LogP) is 3.81. The van der Waals surface area contributed by atoms with Gasteiger partial charge in [0.2, 0.25) is 0 Å². The highest BCUT2D eigenvalue weighted by atomic mass is 79.9. The Morgan fingerprint density at radius 2 is 2.00 bits per heavy atom. The minimum absolute atomic E-state index is 0.0777. The SMILES string of the molecule is Cc1ccc(C(N)=S)c(Nc2cc(Br)c(F)cc2F)n1. The van der Waals surface area contributed by atoms with Crippen LogP contribution in [0.1, 0.15) is 11.3 Å². The number of nitrogens with one attached hydrogen (secondary N) is 1. The molecule has 0 bridgehead atoms. The van der Waals surface area contributed by atoms with E-state index in [1.165, 1.54) is 6.07 Å². The van der Waals surface area contributed by atoms with Crippen molar-refractivity contribution in [3.05, 3.63) is 51.6 Å². The van der Waals surface area contributed by atoms with Crippen LogP contribution in [-0.4, -0.2) is 9.97 Å². The van der Waals surface area contributed by atoms with E-state index in [0.29, 0.717) is 17.1 Å². The van der Waals surface area contributed by atoms with Crippen LogP contribution in [0.25, 0.3) is 0 Å². The smallest absolute Gasteiger partial charge is 0.149 e. The molecule has 0 aliphatic rings. The lowest BCUT2D eigenvalue weighted by Crippen LogP contribution is -2.13. The quantitative estimate of drug-likeness (QED) is 0.647. The minimum atomic E-state index is -0.733. The van der Waals surface area contributed by atoms with Gasteiger partial charge in [-0.3, -0.25) is 0 Å². The number of aryl methyl sites for hydroxylation is 1. The molecule has 0 unspecified atom stereocenters. The predicted molar refractivity (Wildman–Crippen MR) is 82.2 cm³/mol. The first-order valence-electron chi connectivity index (χ1n) is 5.57. The van der Waals surface area contributed by atoms with Crippen LogP contribution in [0.15, 0.2) is 28.7 Å². The van der Waals surface area contributed by atoms with E-state index >= 15 is 0 Å². The molecule has 0 spiro atoms. The Bertz CT molecular complexity index is 692. The number of thiocarbonyl (C=S) groups is 1. The fourth-order valence-electron chi connectivity index (χ4n) is 1.60. The Balaban J connectivity index is 2.47. The van der Waals surface area contributed by atoms with Gasteiger partial charge < -0.3 is 11.1 Å². The third-order valence-electron chi connectivity index (χ3n) is 2.56. The first-order valence-corrected chi connectivity index (χ1v) is 6.77. The van der Waals surface area contributed by atoms with Gasteiger partial charge in [-0.2, -0.15) is 0 Å². The Labute approximate surface area is 128 Å². The first kappa shape index (κ1) is 14.8. The first-order chi connectivity index (χ1) is 9.38. The van der Waals surface area contributed by atoms with Crippen molar-refractivity contribution in [2.24, 2.45) is 5.73 Å². The summed E-state index contributed by atoms with van der Waals surface area (Å²) >= 11 is 7.93. The maximum absolute atomic E-state index is 13.7. The second-order valence-electron chi connectivity index (χ2n) is 4.08. The van der Waals surface area contributed by atoms with Gasteiger partial charge in [-0.25, -0.2) is 13.8 Å². The molecule has 0 amide bonds. The molecule has 2 aromatic rings. The van der Waals surface area contributed by atoms with Crippen molar-refractivity contribution in [3.8, 4) is 0 Å². The van der Waals surface area contributed by atoms with Crippen molar-refractivity contribution in [2.75, 3.05) is 5.32 Å². The number of hydrogen-bond donors (Lipinski definition) is 2. The molecule has 0 saturated heterocycles. The lowest BCUT2D eigenvalue weighted by atomic mass is 10.2. The summed E-state index contributed by atoms with van der Waals surface area (Å²) in [6, 6.07) is 5.51. The van der Waals surface area contributed by atoms with Gasteiger partial charge in [0.1, 0.15) is 22.4 Å². The molecular formula is C13H10BrF2N3S. The van der Waals surface area contributed by atoms with Crippen LogP contribution in [0.2, 0.25) is 0 Å². The van der Waals surface area contributed by atoms with E-state index in [1.807, 2.05) is 0 Å². The van der Waals surface area contributed by atoms with Crippen molar-refractivity contribution in [3.63, 3.8) is 0 Å². The number of rotatable bonds is 3. The van der Waals surface area contributed by atoms with Gasteiger partial charge >= 0.3 is 0 Å². The highest BCUT2D eigenvalue weighted by Crippen LogP contribution is 2.27. The summed E-state index contributed by atoms with van der Waals surface area (Å²) in [6.45, 7) is 1.78. The molecule has 20 heavy (non-hydrogen) atoms. The molecular weight excluding hydrogens is 348 g/mol. The van der Waals surface area contributed by atoms with Crippen LogP contribution in [0.5, 0.6) is 0 Å². The van der Waals surface area contributed by atoms with E-state index < -0.39 is 11.6 Å². The van der Waals surface area contributed by atoms with Crippen LogP contribution < -0.4 is 11.1 Å². The zero-order chi connectivity index (χ0) is 14.9. The van der Waals surface area contributed by atoms with E-state index in [2.05, 4.69) is 26.2 Å². The maximum Gasteiger partial charge on any atom is 0.149 e. The molecule has 1 heterocycles. The number of aromatic nitrogens is 1. The Hall–Kier alpha value is -1.60. The molecule has 0 saturated carbocycles. The molecule has 0 radical (unpaired) electrons. The fraction of sp³-hybridized carbons (Fsp3) is 0.0769. The number of halogens is 3. The van der Waals surface area contributed by atoms with Gasteiger partial charge in [-0.15, -0.1) is 0 Å². The van der Waals surface area contributed by atoms with Crippen LogP contribution in [0.4, 0.5) is 20.3 Å². The number of nitrogens with zero attached hydrogens (tertiary/aromatic N) is 1. The maximum atomic E-state index is 13.7. The Morgan fingerprint density at radius 3 is 2.65 bits per heavy atom. The van der Waals surface area contributed by atoms with Gasteiger partial charge in [0, 0.05) is 11.8 Å². The third-order valence-corrected chi connectivity index (χ3v) is 3.39. The van der Waals surface area contributed by atoms with Crippen molar-refractivity contribution >= 4 is 44.6 Å². The summed E-state index contributed by atoms with van der Waals surface area (Å²) in [7, 11) is 0. The van der Waals surface area contributed by atoms with Crippen molar-refractivity contribution < 1.29 is 8.78 Å². The summed E-state index contributed by atoms with van der Waals surface area (Å²) in [5, 5.41) is 2.78. The average Bonchev–Trinajstić information content (AvgIpc) is 2.35. The van der Waals surface area contributed by atoms with Gasteiger partial charge in [0.05, 0.1) is 15.7 Å². The van der Waals surface area contributed by atoms with E-state index in [9.17, 15) is 8.78 Å². The monoisotopic (exact) mass is 357 g/mol. The number of pyridine rings is 1. The summed E-state index contributed by atoms with van der Waals surface area (Å²) in [5.74, 6) is -1.09. The van der Waals surface area contributed by atoms with Crippen LogP contribution in [-0.2, 0) is 0 Å². The van der Waals surface area contributed by atoms with E-state index in [1.54, 1.807) is 19.1 Å². The van der Waals surface area contributed by atoms with Crippen molar-refractivity contribution in [1.82, 2.24) is 4.98 Å². The molecule has 1 aromatic carbocycles. The highest BCUT2D eigenvalue weighted by Gasteiger charge is 2.12. The molecule has 0 aliphatic carbocycles. The van der Waals surface area contributed by atoms with Crippen LogP contribution >= 0.6 is 28.1 Å². The molecule has 104 valence electrons. The van der Waals surface area contributed by atoms with Crippen LogP contribution in [0.3, 0.4) is 0 Å². The molecule has 0 atom stereocenters. The fourth-order valence-corrected chi connectivity index (χ4v) is 2.10. The van der Waals surface area contributed by atoms with Gasteiger partial charge in [0.15, 0.2) is 0 Å². The topological polar surface area (TPSA) is 50.9 Å². The molecule has 0 aliphatic heterocycles.